The Balaban J connectivity index is 2.31. The summed E-state index contributed by atoms with van der Waals surface area (Å²) in [7, 11) is 0. The minimum Gasteiger partial charge on any atom is -0.316 e. The second-order valence-corrected chi connectivity index (χ2v) is 6.30. The van der Waals surface area contributed by atoms with Crippen LogP contribution in [0.15, 0.2) is 22.7 Å². The molecule has 0 saturated heterocycles. The van der Waals surface area contributed by atoms with Gasteiger partial charge < -0.3 is 5.32 Å². The lowest BCUT2D eigenvalue weighted by Gasteiger charge is -2.13. The van der Waals surface area contributed by atoms with E-state index in [9.17, 15) is 4.39 Å². The molecule has 1 atom stereocenters. The van der Waals surface area contributed by atoms with Gasteiger partial charge in [-0.05, 0) is 71.4 Å². The molecule has 0 fully saturated rings. The highest BCUT2D eigenvalue weighted by molar-refractivity contribution is 9.10. The van der Waals surface area contributed by atoms with E-state index in [4.69, 9.17) is 0 Å². The van der Waals surface area contributed by atoms with Gasteiger partial charge in [0.2, 0.25) is 0 Å². The molecule has 0 radical (unpaired) electrons. The summed E-state index contributed by atoms with van der Waals surface area (Å²) < 4.78 is 13.7. The summed E-state index contributed by atoms with van der Waals surface area (Å²) in [5, 5.41) is 3.45. The Morgan fingerprint density at radius 3 is 2.61 bits per heavy atom. The van der Waals surface area contributed by atoms with Crippen LogP contribution in [-0.2, 0) is 6.42 Å². The molecule has 0 heterocycles. The first kappa shape index (κ1) is 15.6. The lowest BCUT2D eigenvalue weighted by Crippen LogP contribution is -2.22. The molecule has 0 spiro atoms. The maximum absolute atomic E-state index is 13.1. The molecule has 0 aromatic heterocycles. The molecule has 0 bridgehead atoms. The molecule has 18 heavy (non-hydrogen) atoms. The van der Waals surface area contributed by atoms with Gasteiger partial charge in [-0.25, -0.2) is 4.39 Å². The SMILES string of the molecule is CC(C)CNCCC(C)Cc1ccc(F)c(Br)c1. The fraction of sp³-hybridized carbons (Fsp3) is 0.600. The minimum absolute atomic E-state index is 0.190. The zero-order valence-electron chi connectivity index (χ0n) is 11.5. The third-order valence-electron chi connectivity index (χ3n) is 2.93. The van der Waals surface area contributed by atoms with Gasteiger partial charge in [0.05, 0.1) is 4.47 Å². The van der Waals surface area contributed by atoms with Gasteiger partial charge in [-0.1, -0.05) is 26.8 Å². The van der Waals surface area contributed by atoms with Gasteiger partial charge in [0.15, 0.2) is 0 Å². The van der Waals surface area contributed by atoms with E-state index in [1.54, 1.807) is 0 Å². The minimum atomic E-state index is -0.190. The van der Waals surface area contributed by atoms with E-state index < -0.39 is 0 Å². The van der Waals surface area contributed by atoms with Crippen molar-refractivity contribution in [3.8, 4) is 0 Å². The molecule has 0 aliphatic heterocycles. The van der Waals surface area contributed by atoms with Gasteiger partial charge in [-0.2, -0.15) is 0 Å². The van der Waals surface area contributed by atoms with Crippen LogP contribution < -0.4 is 5.32 Å². The van der Waals surface area contributed by atoms with Crippen molar-refractivity contribution in [2.24, 2.45) is 11.8 Å². The first-order valence-corrected chi connectivity index (χ1v) is 7.43. The first-order chi connectivity index (χ1) is 8.49. The summed E-state index contributed by atoms with van der Waals surface area (Å²) in [6.45, 7) is 8.81. The topological polar surface area (TPSA) is 12.0 Å². The number of rotatable bonds is 7. The Labute approximate surface area is 118 Å². The van der Waals surface area contributed by atoms with Crippen molar-refractivity contribution in [3.63, 3.8) is 0 Å². The fourth-order valence-corrected chi connectivity index (χ4v) is 2.34. The highest BCUT2D eigenvalue weighted by Crippen LogP contribution is 2.19. The predicted octanol–water partition coefficient (Wildman–Crippen LogP) is 4.40. The molecule has 0 saturated carbocycles. The van der Waals surface area contributed by atoms with Crippen molar-refractivity contribution in [1.29, 1.82) is 0 Å². The molecule has 0 aliphatic carbocycles. The highest BCUT2D eigenvalue weighted by atomic mass is 79.9. The normalized spacial score (nSPS) is 13.0. The third kappa shape index (κ3) is 5.96. The largest absolute Gasteiger partial charge is 0.316 e. The van der Waals surface area contributed by atoms with E-state index in [2.05, 4.69) is 42.0 Å². The average Bonchev–Trinajstić information content (AvgIpc) is 2.29. The van der Waals surface area contributed by atoms with Crippen molar-refractivity contribution in [2.75, 3.05) is 13.1 Å². The zero-order valence-corrected chi connectivity index (χ0v) is 13.1. The van der Waals surface area contributed by atoms with Gasteiger partial charge in [0.25, 0.3) is 0 Å². The predicted molar refractivity (Wildman–Crippen MR) is 79.3 cm³/mol. The smallest absolute Gasteiger partial charge is 0.137 e. The molecule has 0 aliphatic rings. The Kier molecular flexibility index (Phi) is 6.87. The van der Waals surface area contributed by atoms with Crippen LogP contribution in [0, 0.1) is 17.7 Å². The average molecular weight is 316 g/mol. The van der Waals surface area contributed by atoms with Crippen LogP contribution >= 0.6 is 15.9 Å². The maximum Gasteiger partial charge on any atom is 0.137 e. The number of benzene rings is 1. The molecule has 1 rings (SSSR count). The summed E-state index contributed by atoms with van der Waals surface area (Å²) in [6.07, 6.45) is 2.16. The van der Waals surface area contributed by atoms with E-state index in [-0.39, 0.29) is 5.82 Å². The number of hydrogen-bond donors (Lipinski definition) is 1. The van der Waals surface area contributed by atoms with Crippen molar-refractivity contribution in [3.05, 3.63) is 34.1 Å². The molecule has 1 unspecified atom stereocenters. The number of nitrogens with one attached hydrogen (secondary N) is 1. The van der Waals surface area contributed by atoms with Crippen molar-refractivity contribution in [2.45, 2.75) is 33.6 Å². The molecule has 1 nitrogen and oxygen atoms in total. The second-order valence-electron chi connectivity index (χ2n) is 5.44. The molecule has 102 valence electrons. The Bertz CT molecular complexity index is 366. The van der Waals surface area contributed by atoms with E-state index in [1.807, 2.05) is 12.1 Å². The van der Waals surface area contributed by atoms with Crippen molar-refractivity contribution in [1.82, 2.24) is 5.32 Å². The molecule has 1 aromatic rings. The summed E-state index contributed by atoms with van der Waals surface area (Å²) in [6, 6.07) is 5.29. The van der Waals surface area contributed by atoms with Gasteiger partial charge >= 0.3 is 0 Å². The number of halogens is 2. The molecule has 3 heteroatoms. The van der Waals surface area contributed by atoms with Gasteiger partial charge in [-0.3, -0.25) is 0 Å². The summed E-state index contributed by atoms with van der Waals surface area (Å²) in [5.41, 5.74) is 1.19. The summed E-state index contributed by atoms with van der Waals surface area (Å²) >= 11 is 3.23. The quantitative estimate of drug-likeness (QED) is 0.735. The van der Waals surface area contributed by atoms with Crippen molar-refractivity contribution < 1.29 is 4.39 Å². The maximum atomic E-state index is 13.1. The molecule has 1 N–H and O–H groups in total. The van der Waals surface area contributed by atoms with Crippen LogP contribution in [0.2, 0.25) is 0 Å². The van der Waals surface area contributed by atoms with Crippen LogP contribution in [0.3, 0.4) is 0 Å². The van der Waals surface area contributed by atoms with Crippen LogP contribution in [0.4, 0.5) is 4.39 Å². The van der Waals surface area contributed by atoms with E-state index in [0.29, 0.717) is 16.3 Å². The second kappa shape index (κ2) is 7.90. The van der Waals surface area contributed by atoms with Gasteiger partial charge in [-0.15, -0.1) is 0 Å². The van der Waals surface area contributed by atoms with Crippen LogP contribution in [-0.4, -0.2) is 13.1 Å². The van der Waals surface area contributed by atoms with Gasteiger partial charge in [0, 0.05) is 0 Å². The number of hydrogen-bond acceptors (Lipinski definition) is 1. The third-order valence-corrected chi connectivity index (χ3v) is 3.54. The monoisotopic (exact) mass is 315 g/mol. The lowest BCUT2D eigenvalue weighted by atomic mass is 9.98. The molecular weight excluding hydrogens is 293 g/mol. The van der Waals surface area contributed by atoms with Crippen LogP contribution in [0.1, 0.15) is 32.8 Å². The van der Waals surface area contributed by atoms with Crippen LogP contribution in [0.5, 0.6) is 0 Å². The van der Waals surface area contributed by atoms with E-state index in [0.717, 1.165) is 25.9 Å². The first-order valence-electron chi connectivity index (χ1n) is 6.63. The summed E-state index contributed by atoms with van der Waals surface area (Å²) in [5.74, 6) is 1.13. The lowest BCUT2D eigenvalue weighted by molar-refractivity contribution is 0.474. The van der Waals surface area contributed by atoms with Gasteiger partial charge in [0.1, 0.15) is 5.82 Å². The fourth-order valence-electron chi connectivity index (χ4n) is 1.91. The Hall–Kier alpha value is -0.410. The Morgan fingerprint density at radius 2 is 2.00 bits per heavy atom. The molecule has 1 aromatic carbocycles. The van der Waals surface area contributed by atoms with E-state index >= 15 is 0 Å². The molecule has 0 amide bonds. The Morgan fingerprint density at radius 1 is 1.28 bits per heavy atom. The van der Waals surface area contributed by atoms with Crippen LogP contribution in [0.25, 0.3) is 0 Å². The zero-order chi connectivity index (χ0) is 13.5. The van der Waals surface area contributed by atoms with Crippen molar-refractivity contribution >= 4 is 15.9 Å². The molecular formula is C15H23BrFN. The summed E-state index contributed by atoms with van der Waals surface area (Å²) in [4.78, 5) is 0. The standard InChI is InChI=1S/C15H23BrFN/c1-11(2)10-18-7-6-12(3)8-13-4-5-15(17)14(16)9-13/h4-5,9,11-12,18H,6-8,10H2,1-3H3. The van der Waals surface area contributed by atoms with E-state index in [1.165, 1.54) is 11.6 Å². The highest BCUT2D eigenvalue weighted by Gasteiger charge is 2.06.